The maximum absolute atomic E-state index is 4.95. The van der Waals surface area contributed by atoms with Crippen molar-refractivity contribution in [2.45, 2.75) is 32.7 Å². The van der Waals surface area contributed by atoms with E-state index in [1.807, 2.05) is 41.2 Å². The number of rotatable bonds is 4. The van der Waals surface area contributed by atoms with E-state index in [4.69, 9.17) is 4.98 Å². The fourth-order valence-electron chi connectivity index (χ4n) is 2.99. The average Bonchev–Trinajstić information content (AvgIpc) is 3.11. The lowest BCUT2D eigenvalue weighted by molar-refractivity contribution is 0.568. The topological polar surface area (TPSA) is 55.1 Å². The van der Waals surface area contributed by atoms with Gasteiger partial charge in [-0.05, 0) is 17.2 Å². The second kappa shape index (κ2) is 6.83. The van der Waals surface area contributed by atoms with Crippen LogP contribution in [0.25, 0.3) is 16.8 Å². The van der Waals surface area contributed by atoms with Gasteiger partial charge in [0, 0.05) is 36.0 Å². The number of nitrogens with one attached hydrogen (secondary N) is 1. The van der Waals surface area contributed by atoms with Crippen LogP contribution in [-0.4, -0.2) is 19.6 Å². The van der Waals surface area contributed by atoms with Crippen LogP contribution in [0.3, 0.4) is 0 Å². The zero-order chi connectivity index (χ0) is 18.9. The number of hydrogen-bond donors (Lipinski definition) is 1. The largest absolute Gasteiger partial charge is 0.366 e. The van der Waals surface area contributed by atoms with Crippen LogP contribution in [0.1, 0.15) is 32.0 Å². The van der Waals surface area contributed by atoms with Crippen molar-refractivity contribution < 1.29 is 0 Å². The summed E-state index contributed by atoms with van der Waals surface area (Å²) in [6, 6.07) is 16.4. The van der Waals surface area contributed by atoms with Crippen molar-refractivity contribution in [1.29, 1.82) is 0 Å². The summed E-state index contributed by atoms with van der Waals surface area (Å²) >= 11 is 0. The van der Waals surface area contributed by atoms with Gasteiger partial charge in [0.05, 0.1) is 11.9 Å². The van der Waals surface area contributed by atoms with Gasteiger partial charge in [-0.3, -0.25) is 4.98 Å². The average molecular weight is 357 g/mol. The maximum Gasteiger partial charge on any atom is 0.165 e. The molecule has 5 heteroatoms. The normalized spacial score (nSPS) is 11.7. The van der Waals surface area contributed by atoms with Crippen molar-refractivity contribution in [3.05, 3.63) is 78.4 Å². The molecule has 1 N–H and O–H groups in total. The molecular formula is C22H23N5. The molecule has 5 nitrogen and oxygen atoms in total. The summed E-state index contributed by atoms with van der Waals surface area (Å²) in [5, 5.41) is 8.11. The Bertz CT molecular complexity index is 1050. The highest BCUT2D eigenvalue weighted by Crippen LogP contribution is 2.29. The number of nitrogens with zero attached hydrogens (tertiary/aromatic N) is 4. The molecule has 0 saturated heterocycles. The fraction of sp³-hybridized carbons (Fsp3) is 0.227. The standard InChI is InChI=1S/C22H23N5/c1-22(2,3)19-12-20(24-14-16-8-7-11-23-13-16)27-21(26-19)18(15-25-27)17-9-5-4-6-10-17/h4-13,15,24H,14H2,1-3H3. The molecule has 0 bridgehead atoms. The molecule has 0 radical (unpaired) electrons. The SMILES string of the molecule is CC(C)(C)c1cc(NCc2cccnc2)n2ncc(-c3ccccc3)c2n1. The van der Waals surface area contributed by atoms with E-state index in [1.54, 1.807) is 6.20 Å². The third-order valence-corrected chi connectivity index (χ3v) is 4.52. The maximum atomic E-state index is 4.95. The van der Waals surface area contributed by atoms with Crippen molar-refractivity contribution in [3.63, 3.8) is 0 Å². The molecule has 0 atom stereocenters. The number of fused-ring (bicyclic) bond motifs is 1. The van der Waals surface area contributed by atoms with Crippen molar-refractivity contribution >= 4 is 11.5 Å². The predicted octanol–water partition coefficient (Wildman–Crippen LogP) is 4.70. The van der Waals surface area contributed by atoms with E-state index in [-0.39, 0.29) is 5.41 Å². The Balaban J connectivity index is 1.81. The number of anilines is 1. The number of pyridine rings is 1. The lowest BCUT2D eigenvalue weighted by Gasteiger charge is -2.20. The minimum absolute atomic E-state index is 0.0648. The van der Waals surface area contributed by atoms with Gasteiger partial charge in [-0.15, -0.1) is 0 Å². The lowest BCUT2D eigenvalue weighted by Crippen LogP contribution is -2.16. The van der Waals surface area contributed by atoms with Crippen molar-refractivity contribution in [2.75, 3.05) is 5.32 Å². The molecule has 0 amide bonds. The second-order valence-electron chi connectivity index (χ2n) is 7.65. The lowest BCUT2D eigenvalue weighted by atomic mass is 9.92. The molecule has 3 aromatic heterocycles. The van der Waals surface area contributed by atoms with E-state index >= 15 is 0 Å². The van der Waals surface area contributed by atoms with Gasteiger partial charge in [-0.1, -0.05) is 57.2 Å². The predicted molar refractivity (Wildman–Crippen MR) is 109 cm³/mol. The van der Waals surface area contributed by atoms with E-state index in [0.717, 1.165) is 33.8 Å². The van der Waals surface area contributed by atoms with Gasteiger partial charge in [0.15, 0.2) is 5.65 Å². The molecule has 4 rings (SSSR count). The molecule has 0 fully saturated rings. The first kappa shape index (κ1) is 17.2. The van der Waals surface area contributed by atoms with Crippen LogP contribution in [0.15, 0.2) is 67.1 Å². The molecule has 0 aliphatic carbocycles. The highest BCUT2D eigenvalue weighted by Gasteiger charge is 2.20. The summed E-state index contributed by atoms with van der Waals surface area (Å²) in [5.74, 6) is 0.927. The Kier molecular flexibility index (Phi) is 4.36. The van der Waals surface area contributed by atoms with Gasteiger partial charge < -0.3 is 5.32 Å². The highest BCUT2D eigenvalue weighted by atomic mass is 15.3. The van der Waals surface area contributed by atoms with Gasteiger partial charge in [0.2, 0.25) is 0 Å². The van der Waals surface area contributed by atoms with E-state index < -0.39 is 0 Å². The van der Waals surface area contributed by atoms with Crippen LogP contribution in [0.2, 0.25) is 0 Å². The van der Waals surface area contributed by atoms with Crippen molar-refractivity contribution in [1.82, 2.24) is 19.6 Å². The van der Waals surface area contributed by atoms with Crippen LogP contribution in [0.5, 0.6) is 0 Å². The third-order valence-electron chi connectivity index (χ3n) is 4.52. The smallest absolute Gasteiger partial charge is 0.165 e. The van der Waals surface area contributed by atoms with Gasteiger partial charge in [0.1, 0.15) is 5.82 Å². The second-order valence-corrected chi connectivity index (χ2v) is 7.65. The van der Waals surface area contributed by atoms with Crippen LogP contribution >= 0.6 is 0 Å². The number of hydrogen-bond acceptors (Lipinski definition) is 4. The summed E-state index contributed by atoms with van der Waals surface area (Å²) in [7, 11) is 0. The molecule has 27 heavy (non-hydrogen) atoms. The molecule has 0 aliphatic rings. The summed E-state index contributed by atoms with van der Waals surface area (Å²) in [5.41, 5.74) is 5.10. The summed E-state index contributed by atoms with van der Waals surface area (Å²) < 4.78 is 1.88. The summed E-state index contributed by atoms with van der Waals surface area (Å²) in [4.78, 5) is 9.13. The van der Waals surface area contributed by atoms with Crippen molar-refractivity contribution in [3.8, 4) is 11.1 Å². The molecular weight excluding hydrogens is 334 g/mol. The first-order chi connectivity index (χ1) is 13.0. The number of benzene rings is 1. The zero-order valence-electron chi connectivity index (χ0n) is 15.8. The number of aromatic nitrogens is 4. The van der Waals surface area contributed by atoms with E-state index in [1.165, 1.54) is 0 Å². The Morgan fingerprint density at radius 3 is 2.52 bits per heavy atom. The molecule has 0 unspecified atom stereocenters. The summed E-state index contributed by atoms with van der Waals surface area (Å²) in [6.07, 6.45) is 5.54. The van der Waals surface area contributed by atoms with Gasteiger partial charge in [-0.25, -0.2) is 4.98 Å². The highest BCUT2D eigenvalue weighted by molar-refractivity contribution is 5.78. The minimum atomic E-state index is -0.0648. The molecule has 3 heterocycles. The van der Waals surface area contributed by atoms with Gasteiger partial charge in [0.25, 0.3) is 0 Å². The molecule has 0 spiro atoms. The van der Waals surface area contributed by atoms with Crippen LogP contribution < -0.4 is 5.32 Å². The molecule has 1 aromatic carbocycles. The molecule has 136 valence electrons. The third kappa shape index (κ3) is 3.53. The summed E-state index contributed by atoms with van der Waals surface area (Å²) in [6.45, 7) is 7.21. The molecule has 4 aromatic rings. The Morgan fingerprint density at radius 1 is 1.00 bits per heavy atom. The van der Waals surface area contributed by atoms with Crippen LogP contribution in [0.4, 0.5) is 5.82 Å². The molecule has 0 saturated carbocycles. The Morgan fingerprint density at radius 2 is 1.81 bits per heavy atom. The molecule has 0 aliphatic heterocycles. The van der Waals surface area contributed by atoms with Crippen molar-refractivity contribution in [2.24, 2.45) is 0 Å². The Labute approximate surface area is 159 Å². The fourth-order valence-corrected chi connectivity index (χ4v) is 2.99. The minimum Gasteiger partial charge on any atom is -0.366 e. The monoisotopic (exact) mass is 357 g/mol. The zero-order valence-corrected chi connectivity index (χ0v) is 15.8. The van der Waals surface area contributed by atoms with E-state index in [9.17, 15) is 0 Å². The van der Waals surface area contributed by atoms with Gasteiger partial charge >= 0.3 is 0 Å². The van der Waals surface area contributed by atoms with E-state index in [2.05, 4.69) is 60.4 Å². The quantitative estimate of drug-likeness (QED) is 0.575. The first-order valence-corrected chi connectivity index (χ1v) is 9.10. The van der Waals surface area contributed by atoms with Crippen LogP contribution in [-0.2, 0) is 12.0 Å². The first-order valence-electron chi connectivity index (χ1n) is 9.10. The van der Waals surface area contributed by atoms with Gasteiger partial charge in [-0.2, -0.15) is 9.61 Å². The Hall–Kier alpha value is -3.21. The van der Waals surface area contributed by atoms with E-state index in [0.29, 0.717) is 6.54 Å². The van der Waals surface area contributed by atoms with Crippen LogP contribution in [0, 0.1) is 0 Å².